The fourth-order valence-corrected chi connectivity index (χ4v) is 1.43. The van der Waals surface area contributed by atoms with Crippen LogP contribution in [0.5, 0.6) is 0 Å². The molecule has 70 valence electrons. The number of carbonyl (C=O) groups excluding carboxylic acids is 1. The van der Waals surface area contributed by atoms with Crippen LogP contribution in [0.3, 0.4) is 0 Å². The van der Waals surface area contributed by atoms with E-state index in [1.807, 2.05) is 0 Å². The first-order valence-corrected chi connectivity index (χ1v) is 4.64. The van der Waals surface area contributed by atoms with Gasteiger partial charge in [-0.05, 0) is 13.3 Å². The van der Waals surface area contributed by atoms with Crippen LogP contribution in [0.25, 0.3) is 0 Å². The molecular formula is C7H12O4S. The fraction of sp³-hybridized carbons (Fsp3) is 0.571. The zero-order valence-corrected chi connectivity index (χ0v) is 8.18. The first-order valence-electron chi connectivity index (χ1n) is 3.47. The summed E-state index contributed by atoms with van der Waals surface area (Å²) in [5, 5.41) is 0. The Kier molecular flexibility index (Phi) is 4.58. The molecular weight excluding hydrogens is 180 g/mol. The summed E-state index contributed by atoms with van der Waals surface area (Å²) in [5.74, 6) is -0.592. The van der Waals surface area contributed by atoms with Crippen LogP contribution in [0, 0.1) is 0 Å². The largest absolute Gasteiger partial charge is 0.466 e. The van der Waals surface area contributed by atoms with E-state index in [1.165, 1.54) is 14.0 Å². The van der Waals surface area contributed by atoms with Crippen molar-refractivity contribution in [3.8, 4) is 0 Å². The molecule has 0 saturated heterocycles. The molecule has 0 aliphatic heterocycles. The second kappa shape index (κ2) is 4.92. The lowest BCUT2D eigenvalue weighted by molar-refractivity contribution is -0.136. The molecule has 12 heavy (non-hydrogen) atoms. The highest BCUT2D eigenvalue weighted by Gasteiger charge is 2.10. The summed E-state index contributed by atoms with van der Waals surface area (Å²) >= 11 is 0. The van der Waals surface area contributed by atoms with Crippen molar-refractivity contribution in [2.45, 2.75) is 20.3 Å². The summed E-state index contributed by atoms with van der Waals surface area (Å²) in [6.07, 6.45) is 0.319. The zero-order valence-electron chi connectivity index (χ0n) is 7.29. The van der Waals surface area contributed by atoms with Crippen LogP contribution in [-0.2, 0) is 20.2 Å². The molecule has 0 spiro atoms. The van der Waals surface area contributed by atoms with E-state index < -0.39 is 16.7 Å². The van der Waals surface area contributed by atoms with E-state index in [0.29, 0.717) is 6.42 Å². The minimum atomic E-state index is -2.66. The van der Waals surface area contributed by atoms with Gasteiger partial charge in [0, 0.05) is 5.57 Å². The van der Waals surface area contributed by atoms with Gasteiger partial charge in [-0.2, -0.15) is 0 Å². The topological polar surface area (TPSA) is 60.4 Å². The molecule has 0 aliphatic rings. The van der Waals surface area contributed by atoms with E-state index in [9.17, 15) is 13.2 Å². The molecule has 0 radical (unpaired) electrons. The molecule has 0 N–H and O–H groups in total. The zero-order chi connectivity index (χ0) is 9.72. The number of hydrogen-bond donors (Lipinski definition) is 1. The number of rotatable bonds is 3. The van der Waals surface area contributed by atoms with Gasteiger partial charge in [-0.25, -0.2) is 13.2 Å². The monoisotopic (exact) mass is 192 g/mol. The van der Waals surface area contributed by atoms with E-state index in [0.717, 1.165) is 0 Å². The van der Waals surface area contributed by atoms with Gasteiger partial charge in [-0.3, -0.25) is 0 Å². The molecule has 0 heterocycles. The number of methoxy groups -OCH3 is 1. The Bertz CT molecular complexity index is 267. The smallest absolute Gasteiger partial charge is 0.334 e. The lowest BCUT2D eigenvalue weighted by Gasteiger charge is -2.01. The molecule has 0 aliphatic carbocycles. The maximum absolute atomic E-state index is 10.9. The minimum absolute atomic E-state index is 0.136. The lowest BCUT2D eigenvalue weighted by Crippen LogP contribution is -2.05. The van der Waals surface area contributed by atoms with Crippen molar-refractivity contribution in [2.75, 3.05) is 7.11 Å². The van der Waals surface area contributed by atoms with Crippen molar-refractivity contribution in [3.63, 3.8) is 0 Å². The first kappa shape index (κ1) is 11.2. The number of carbonyl (C=O) groups is 1. The highest BCUT2D eigenvalue weighted by atomic mass is 32.2. The number of hydrogen-bond acceptors (Lipinski definition) is 4. The van der Waals surface area contributed by atoms with E-state index in [4.69, 9.17) is 0 Å². The van der Waals surface area contributed by atoms with Gasteiger partial charge in [-0.1, -0.05) is 6.92 Å². The van der Waals surface area contributed by atoms with Gasteiger partial charge < -0.3 is 4.74 Å². The first-order chi connectivity index (χ1) is 5.54. The normalized spacial score (nSPS) is 12.7. The Balaban J connectivity index is 4.97. The average molecular weight is 192 g/mol. The predicted octanol–water partition coefficient (Wildman–Crippen LogP) is 0.455. The molecule has 0 unspecified atom stereocenters. The Morgan fingerprint density at radius 3 is 2.17 bits per heavy atom. The minimum Gasteiger partial charge on any atom is -0.466 e. The molecule has 0 aromatic carbocycles. The van der Waals surface area contributed by atoms with E-state index in [-0.39, 0.29) is 10.5 Å². The SMILES string of the molecule is CCC(=C(C)C(=O)OC)[SH](=O)=O. The molecule has 0 amide bonds. The van der Waals surface area contributed by atoms with Gasteiger partial charge >= 0.3 is 5.97 Å². The van der Waals surface area contributed by atoms with Crippen LogP contribution < -0.4 is 0 Å². The third kappa shape index (κ3) is 2.65. The predicted molar refractivity (Wildman–Crippen MR) is 45.3 cm³/mol. The van der Waals surface area contributed by atoms with Crippen molar-refractivity contribution in [1.29, 1.82) is 0 Å². The van der Waals surface area contributed by atoms with Gasteiger partial charge in [0.25, 0.3) is 0 Å². The quantitative estimate of drug-likeness (QED) is 0.401. The maximum atomic E-state index is 10.9. The maximum Gasteiger partial charge on any atom is 0.334 e. The van der Waals surface area contributed by atoms with Crippen molar-refractivity contribution in [2.24, 2.45) is 0 Å². The summed E-state index contributed by atoms with van der Waals surface area (Å²) < 4.78 is 25.5. The highest BCUT2D eigenvalue weighted by molar-refractivity contribution is 7.76. The van der Waals surface area contributed by atoms with Crippen molar-refractivity contribution in [1.82, 2.24) is 0 Å². The number of esters is 1. The summed E-state index contributed by atoms with van der Waals surface area (Å²) in [7, 11) is -1.44. The van der Waals surface area contributed by atoms with Gasteiger partial charge in [0.2, 0.25) is 0 Å². The lowest BCUT2D eigenvalue weighted by atomic mass is 10.2. The highest BCUT2D eigenvalue weighted by Crippen LogP contribution is 2.10. The third-order valence-electron chi connectivity index (χ3n) is 1.48. The van der Waals surface area contributed by atoms with Crippen LogP contribution in [0.2, 0.25) is 0 Å². The summed E-state index contributed by atoms with van der Waals surface area (Å²) in [6.45, 7) is 3.11. The van der Waals surface area contributed by atoms with Crippen LogP contribution in [0.4, 0.5) is 0 Å². The molecule has 0 atom stereocenters. The number of ether oxygens (including phenoxy) is 1. The van der Waals surface area contributed by atoms with Crippen molar-refractivity contribution in [3.05, 3.63) is 10.5 Å². The van der Waals surface area contributed by atoms with Gasteiger partial charge in [0.05, 0.1) is 12.0 Å². The Labute approximate surface area is 73.2 Å². The average Bonchev–Trinajstić information content (AvgIpc) is 2.03. The summed E-state index contributed by atoms with van der Waals surface area (Å²) in [5.41, 5.74) is 0.163. The van der Waals surface area contributed by atoms with Crippen LogP contribution >= 0.6 is 0 Å². The molecule has 0 fully saturated rings. The van der Waals surface area contributed by atoms with Gasteiger partial charge in [-0.15, -0.1) is 0 Å². The second-order valence-electron chi connectivity index (χ2n) is 2.17. The molecule has 5 heteroatoms. The Morgan fingerprint density at radius 2 is 1.92 bits per heavy atom. The molecule has 0 bridgehead atoms. The van der Waals surface area contributed by atoms with E-state index >= 15 is 0 Å². The molecule has 0 aromatic heterocycles. The van der Waals surface area contributed by atoms with Gasteiger partial charge in [0.1, 0.15) is 0 Å². The van der Waals surface area contributed by atoms with Crippen molar-refractivity contribution < 1.29 is 17.9 Å². The fourth-order valence-electron chi connectivity index (χ4n) is 0.802. The van der Waals surface area contributed by atoms with Gasteiger partial charge in [0.15, 0.2) is 10.7 Å². The third-order valence-corrected chi connectivity index (χ3v) is 2.57. The molecule has 0 rings (SSSR count). The standard InChI is InChI=1S/C7H12O4S/c1-4-6(12(9)10)5(2)7(8)11-3/h12H,4H2,1-3H3. The van der Waals surface area contributed by atoms with Crippen LogP contribution in [-0.4, -0.2) is 21.5 Å². The van der Waals surface area contributed by atoms with Crippen LogP contribution in [0.15, 0.2) is 10.5 Å². The number of allylic oxidation sites excluding steroid dienone is 1. The Hall–Kier alpha value is -0.840. The van der Waals surface area contributed by atoms with Crippen LogP contribution in [0.1, 0.15) is 20.3 Å². The van der Waals surface area contributed by atoms with E-state index in [2.05, 4.69) is 4.74 Å². The second-order valence-corrected chi connectivity index (χ2v) is 3.23. The van der Waals surface area contributed by atoms with E-state index in [1.54, 1.807) is 6.92 Å². The summed E-state index contributed by atoms with van der Waals surface area (Å²) in [6, 6.07) is 0. The number of thiol groups is 1. The molecule has 0 aromatic rings. The Morgan fingerprint density at radius 1 is 1.42 bits per heavy atom. The van der Waals surface area contributed by atoms with Crippen molar-refractivity contribution >= 4 is 16.7 Å². The summed E-state index contributed by atoms with van der Waals surface area (Å²) in [4.78, 5) is 11.0. The molecule has 4 nitrogen and oxygen atoms in total. The molecule has 0 saturated carbocycles.